The van der Waals surface area contributed by atoms with Gasteiger partial charge in [-0.25, -0.2) is 4.79 Å². The van der Waals surface area contributed by atoms with E-state index in [1.165, 1.54) is 22.0 Å². The Labute approximate surface area is 90.0 Å². The maximum Gasteiger partial charge on any atom is 0.352 e. The van der Waals surface area contributed by atoms with Crippen LogP contribution in [0.4, 0.5) is 0 Å². The molecule has 4 nitrogen and oxygen atoms in total. The number of thiocarbonyl (C=S) groups is 1. The van der Waals surface area contributed by atoms with E-state index in [4.69, 9.17) is 17.3 Å². The van der Waals surface area contributed by atoms with E-state index >= 15 is 0 Å². The fourth-order valence-electron chi connectivity index (χ4n) is 1.56. The van der Waals surface area contributed by atoms with Gasteiger partial charge in [-0.2, -0.15) is 0 Å². The highest BCUT2D eigenvalue weighted by Gasteiger charge is 2.50. The molecule has 1 N–H and O–H groups in total. The van der Waals surface area contributed by atoms with Gasteiger partial charge in [0.15, 0.2) is 0 Å². The summed E-state index contributed by atoms with van der Waals surface area (Å²) < 4.78 is 0. The van der Waals surface area contributed by atoms with E-state index in [0.717, 1.165) is 0 Å². The number of amides is 1. The summed E-state index contributed by atoms with van der Waals surface area (Å²) in [5, 5.41) is 10.1. The molecule has 0 aromatic carbocycles. The number of carbonyl (C=O) groups excluding carboxylic acids is 1. The Morgan fingerprint density at radius 3 is 3.07 bits per heavy atom. The molecule has 0 aliphatic carbocycles. The summed E-state index contributed by atoms with van der Waals surface area (Å²) in [5.74, 6) is -0.925. The lowest BCUT2D eigenvalue weighted by Crippen LogP contribution is -2.61. The van der Waals surface area contributed by atoms with Crippen LogP contribution in [0.25, 0.3) is 0 Å². The molecule has 0 saturated carbocycles. The number of carbonyl (C=O) groups is 2. The molecular formula is C8H7NO3S2. The van der Waals surface area contributed by atoms with E-state index in [-0.39, 0.29) is 22.9 Å². The Morgan fingerprint density at radius 2 is 2.50 bits per heavy atom. The first-order valence-corrected chi connectivity index (χ1v) is 5.52. The molecule has 0 spiro atoms. The summed E-state index contributed by atoms with van der Waals surface area (Å²) >= 11 is 6.26. The van der Waals surface area contributed by atoms with Crippen molar-refractivity contribution in [1.29, 1.82) is 0 Å². The standard InChI is InChI=1S/C8H7NO3S2/c10-6-4(3-13)7-9(6)5(8(11)12)1-2-14-7/h1,3-4,7H,2H2,(H,11,12)/t4?,7-/m0/s1. The molecule has 0 bridgehead atoms. The van der Waals surface area contributed by atoms with Crippen molar-refractivity contribution >= 4 is 41.2 Å². The van der Waals surface area contributed by atoms with Crippen molar-refractivity contribution in [3.8, 4) is 0 Å². The molecule has 0 aromatic rings. The van der Waals surface area contributed by atoms with Gasteiger partial charge in [0.05, 0.1) is 11.3 Å². The van der Waals surface area contributed by atoms with E-state index in [2.05, 4.69) is 0 Å². The molecular weight excluding hydrogens is 222 g/mol. The lowest BCUT2D eigenvalue weighted by molar-refractivity contribution is -0.148. The van der Waals surface area contributed by atoms with Crippen molar-refractivity contribution in [1.82, 2.24) is 4.90 Å². The monoisotopic (exact) mass is 229 g/mol. The van der Waals surface area contributed by atoms with Crippen LogP contribution in [0.3, 0.4) is 0 Å². The van der Waals surface area contributed by atoms with Crippen molar-refractivity contribution in [2.45, 2.75) is 5.37 Å². The lowest BCUT2D eigenvalue weighted by Gasteiger charge is -2.46. The Bertz CT molecular complexity index is 352. The van der Waals surface area contributed by atoms with Crippen LogP contribution < -0.4 is 0 Å². The molecule has 2 heterocycles. The van der Waals surface area contributed by atoms with Crippen LogP contribution >= 0.6 is 24.0 Å². The second kappa shape index (κ2) is 3.36. The number of hydrogen-bond donors (Lipinski definition) is 1. The number of nitrogens with zero attached hydrogens (tertiary/aromatic N) is 1. The molecule has 74 valence electrons. The highest BCUT2D eigenvalue weighted by atomic mass is 32.2. The minimum absolute atomic E-state index is 0.0897. The van der Waals surface area contributed by atoms with Crippen molar-refractivity contribution in [2.24, 2.45) is 5.92 Å². The predicted octanol–water partition coefficient (Wildman–Crippen LogP) is 0.486. The van der Waals surface area contributed by atoms with Gasteiger partial charge in [0.2, 0.25) is 5.91 Å². The molecule has 6 heteroatoms. The first kappa shape index (κ1) is 9.67. The summed E-state index contributed by atoms with van der Waals surface area (Å²) in [4.78, 5) is 23.5. The fourth-order valence-corrected chi connectivity index (χ4v) is 3.15. The average molecular weight is 229 g/mol. The molecule has 1 fully saturated rings. The third kappa shape index (κ3) is 1.18. The summed E-state index contributed by atoms with van der Waals surface area (Å²) in [5.41, 5.74) is 0.0897. The molecule has 0 aromatic heterocycles. The van der Waals surface area contributed by atoms with Crippen molar-refractivity contribution < 1.29 is 14.7 Å². The van der Waals surface area contributed by atoms with Gasteiger partial charge in [0.1, 0.15) is 5.70 Å². The van der Waals surface area contributed by atoms with Gasteiger partial charge in [-0.1, -0.05) is 12.2 Å². The summed E-state index contributed by atoms with van der Waals surface area (Å²) in [6.07, 6.45) is 1.56. The van der Waals surface area contributed by atoms with Crippen LogP contribution in [0.15, 0.2) is 11.8 Å². The topological polar surface area (TPSA) is 57.6 Å². The average Bonchev–Trinajstić information content (AvgIpc) is 2.16. The molecule has 0 radical (unpaired) electrons. The van der Waals surface area contributed by atoms with Gasteiger partial charge >= 0.3 is 5.97 Å². The van der Waals surface area contributed by atoms with E-state index in [9.17, 15) is 9.59 Å². The molecule has 2 aliphatic rings. The minimum atomic E-state index is -1.05. The number of hydrogen-bond acceptors (Lipinski definition) is 4. The third-order valence-electron chi connectivity index (χ3n) is 2.25. The summed E-state index contributed by atoms with van der Waals surface area (Å²) in [6.45, 7) is 0. The van der Waals surface area contributed by atoms with Crippen molar-refractivity contribution in [2.75, 3.05) is 5.75 Å². The lowest BCUT2D eigenvalue weighted by atomic mass is 9.99. The Hall–Kier alpha value is -0.880. The van der Waals surface area contributed by atoms with Gasteiger partial charge in [0.25, 0.3) is 0 Å². The molecule has 1 unspecified atom stereocenters. The smallest absolute Gasteiger partial charge is 0.352 e. The number of rotatable bonds is 2. The minimum Gasteiger partial charge on any atom is -0.477 e. The highest BCUT2D eigenvalue weighted by Crippen LogP contribution is 2.40. The molecule has 2 rings (SSSR count). The summed E-state index contributed by atoms with van der Waals surface area (Å²) in [6, 6.07) is 0. The van der Waals surface area contributed by atoms with Crippen LogP contribution in [-0.2, 0) is 9.59 Å². The van der Waals surface area contributed by atoms with Crippen LogP contribution in [0.2, 0.25) is 0 Å². The molecule has 1 amide bonds. The molecule has 1 saturated heterocycles. The number of carboxylic acids is 1. The Kier molecular flexibility index (Phi) is 2.32. The largest absolute Gasteiger partial charge is 0.477 e. The number of β-lactam (4-membered cyclic amide) rings is 1. The Morgan fingerprint density at radius 1 is 1.79 bits per heavy atom. The second-order valence-corrected chi connectivity index (χ2v) is 4.41. The van der Waals surface area contributed by atoms with Gasteiger partial charge in [-0.3, -0.25) is 9.69 Å². The fraction of sp³-hybridized carbons (Fsp3) is 0.375. The maximum absolute atomic E-state index is 11.5. The van der Waals surface area contributed by atoms with E-state index in [1.807, 2.05) is 0 Å². The van der Waals surface area contributed by atoms with Gasteiger partial charge in [-0.05, 0) is 11.4 Å². The zero-order valence-electron chi connectivity index (χ0n) is 7.04. The van der Waals surface area contributed by atoms with Gasteiger partial charge in [-0.15, -0.1) is 11.8 Å². The van der Waals surface area contributed by atoms with E-state index in [0.29, 0.717) is 5.75 Å². The van der Waals surface area contributed by atoms with Crippen LogP contribution in [-0.4, -0.2) is 38.4 Å². The highest BCUT2D eigenvalue weighted by molar-refractivity contribution is 8.00. The molecule has 2 aliphatic heterocycles. The zero-order chi connectivity index (χ0) is 10.3. The Balaban J connectivity index is 2.27. The van der Waals surface area contributed by atoms with Crippen LogP contribution in [0.1, 0.15) is 0 Å². The number of fused-ring (bicyclic) bond motifs is 1. The van der Waals surface area contributed by atoms with Gasteiger partial charge in [0, 0.05) is 5.75 Å². The first-order valence-electron chi connectivity index (χ1n) is 4.00. The van der Waals surface area contributed by atoms with Crippen LogP contribution in [0, 0.1) is 5.92 Å². The van der Waals surface area contributed by atoms with Crippen molar-refractivity contribution in [3.05, 3.63) is 11.8 Å². The van der Waals surface area contributed by atoms with Crippen molar-refractivity contribution in [3.63, 3.8) is 0 Å². The molecule has 14 heavy (non-hydrogen) atoms. The van der Waals surface area contributed by atoms with Crippen LogP contribution in [0.5, 0.6) is 0 Å². The second-order valence-electron chi connectivity index (χ2n) is 2.99. The number of aliphatic carboxylic acids is 1. The summed E-state index contributed by atoms with van der Waals surface area (Å²) in [7, 11) is 0. The van der Waals surface area contributed by atoms with E-state index < -0.39 is 5.97 Å². The third-order valence-corrected chi connectivity index (χ3v) is 3.75. The normalized spacial score (nSPS) is 30.1. The predicted molar refractivity (Wildman–Crippen MR) is 56.0 cm³/mol. The molecule has 2 atom stereocenters. The first-order chi connectivity index (χ1) is 6.66. The SMILES string of the molecule is O=C(O)C1=CCS[C@H]2C(C=S)C(=O)N12. The van der Waals surface area contributed by atoms with E-state index in [1.54, 1.807) is 6.08 Å². The quantitative estimate of drug-likeness (QED) is 0.551. The van der Waals surface area contributed by atoms with Gasteiger partial charge < -0.3 is 5.11 Å². The zero-order valence-corrected chi connectivity index (χ0v) is 8.68. The number of thioether (sulfide) groups is 1. The number of carboxylic acid groups (broad SMARTS) is 1. The maximum atomic E-state index is 11.5.